The number of hydrogen-bond donors (Lipinski definition) is 1. The summed E-state index contributed by atoms with van der Waals surface area (Å²) in [5, 5.41) is 2.57. The molecule has 0 aliphatic rings. The third-order valence-electron chi connectivity index (χ3n) is 2.20. The minimum absolute atomic E-state index is 0.0450. The Kier molecular flexibility index (Phi) is 7.54. The van der Waals surface area contributed by atoms with Gasteiger partial charge < -0.3 is 14.8 Å². The van der Waals surface area contributed by atoms with Gasteiger partial charge in [0.05, 0.1) is 12.7 Å². The average molecular weight is 231 g/mol. The normalized spacial score (nSPS) is 14.0. The minimum atomic E-state index is -0.592. The predicted octanol–water partition coefficient (Wildman–Crippen LogP) is 0.869. The van der Waals surface area contributed by atoms with E-state index in [2.05, 4.69) is 5.32 Å². The lowest BCUT2D eigenvalue weighted by Crippen LogP contribution is -2.39. The summed E-state index contributed by atoms with van der Waals surface area (Å²) in [6.45, 7) is 5.55. The second-order valence-corrected chi connectivity index (χ2v) is 3.63. The number of nitrogens with one attached hydrogen (secondary N) is 1. The molecule has 0 rings (SSSR count). The van der Waals surface area contributed by atoms with Gasteiger partial charge in [0, 0.05) is 13.5 Å². The molecule has 0 bridgehead atoms. The van der Waals surface area contributed by atoms with E-state index in [-0.39, 0.29) is 12.0 Å². The van der Waals surface area contributed by atoms with Crippen LogP contribution in [-0.4, -0.2) is 37.7 Å². The van der Waals surface area contributed by atoms with E-state index in [1.54, 1.807) is 21.0 Å². The molecular weight excluding hydrogens is 210 g/mol. The first kappa shape index (κ1) is 14.9. The van der Waals surface area contributed by atoms with E-state index < -0.39 is 12.0 Å². The summed E-state index contributed by atoms with van der Waals surface area (Å²) in [5.74, 6) is -0.569. The smallest absolute Gasteiger partial charge is 0.328 e. The van der Waals surface area contributed by atoms with E-state index in [1.165, 1.54) is 0 Å². The number of rotatable bonds is 7. The van der Waals surface area contributed by atoms with E-state index in [0.29, 0.717) is 19.4 Å². The van der Waals surface area contributed by atoms with Crippen LogP contribution in [0.2, 0.25) is 0 Å². The zero-order valence-electron chi connectivity index (χ0n) is 10.4. The van der Waals surface area contributed by atoms with Crippen LogP contribution in [0.5, 0.6) is 0 Å². The van der Waals surface area contributed by atoms with Crippen molar-refractivity contribution in [3.8, 4) is 0 Å². The lowest BCUT2D eigenvalue weighted by atomic mass is 10.2. The number of carbonyl (C=O) groups is 2. The van der Waals surface area contributed by atoms with Crippen molar-refractivity contribution in [3.63, 3.8) is 0 Å². The van der Waals surface area contributed by atoms with Gasteiger partial charge >= 0.3 is 5.97 Å². The van der Waals surface area contributed by atoms with E-state index in [0.717, 1.165) is 0 Å². The van der Waals surface area contributed by atoms with Gasteiger partial charge in [0.1, 0.15) is 6.04 Å². The molecule has 2 unspecified atom stereocenters. The lowest BCUT2D eigenvalue weighted by molar-refractivity contribution is -0.146. The molecule has 5 heteroatoms. The third-order valence-corrected chi connectivity index (χ3v) is 2.20. The fourth-order valence-electron chi connectivity index (χ4n) is 1.09. The molecule has 0 aromatic heterocycles. The van der Waals surface area contributed by atoms with Crippen molar-refractivity contribution in [1.82, 2.24) is 5.32 Å². The number of carbonyl (C=O) groups excluding carboxylic acids is 2. The summed E-state index contributed by atoms with van der Waals surface area (Å²) < 4.78 is 9.79. The fraction of sp³-hybridized carbons (Fsp3) is 0.818. The van der Waals surface area contributed by atoms with E-state index in [4.69, 9.17) is 9.47 Å². The van der Waals surface area contributed by atoms with Gasteiger partial charge in [-0.15, -0.1) is 0 Å². The van der Waals surface area contributed by atoms with Crippen LogP contribution in [0.4, 0.5) is 0 Å². The number of methoxy groups -OCH3 is 1. The van der Waals surface area contributed by atoms with Crippen molar-refractivity contribution < 1.29 is 19.1 Å². The largest absolute Gasteiger partial charge is 0.464 e. The third kappa shape index (κ3) is 6.40. The standard InChI is InChI=1S/C11H21NO4/c1-5-16-11(14)9(3)12-10(13)7-6-8(2)15-4/h8-9H,5-7H2,1-4H3,(H,12,13). The van der Waals surface area contributed by atoms with Gasteiger partial charge in [-0.2, -0.15) is 0 Å². The Morgan fingerprint density at radius 1 is 1.31 bits per heavy atom. The van der Waals surface area contributed by atoms with Crippen molar-refractivity contribution in [3.05, 3.63) is 0 Å². The molecule has 0 fully saturated rings. The monoisotopic (exact) mass is 231 g/mol. The highest BCUT2D eigenvalue weighted by atomic mass is 16.5. The van der Waals surface area contributed by atoms with Gasteiger partial charge in [-0.05, 0) is 27.2 Å². The molecule has 2 atom stereocenters. The maximum Gasteiger partial charge on any atom is 0.328 e. The molecule has 16 heavy (non-hydrogen) atoms. The average Bonchev–Trinajstić information content (AvgIpc) is 2.26. The van der Waals surface area contributed by atoms with Crippen molar-refractivity contribution in [2.45, 2.75) is 45.8 Å². The maximum atomic E-state index is 11.4. The van der Waals surface area contributed by atoms with E-state index in [9.17, 15) is 9.59 Å². The second kappa shape index (κ2) is 8.10. The quantitative estimate of drug-likeness (QED) is 0.660. The molecule has 0 saturated heterocycles. The summed E-state index contributed by atoms with van der Waals surface area (Å²) in [7, 11) is 1.60. The van der Waals surface area contributed by atoms with Gasteiger partial charge in [-0.3, -0.25) is 4.79 Å². The topological polar surface area (TPSA) is 64.6 Å². The van der Waals surface area contributed by atoms with Crippen LogP contribution in [-0.2, 0) is 19.1 Å². The summed E-state index contributed by atoms with van der Waals surface area (Å²) in [4.78, 5) is 22.6. The zero-order valence-corrected chi connectivity index (χ0v) is 10.4. The summed E-state index contributed by atoms with van der Waals surface area (Å²) in [6.07, 6.45) is 1.03. The number of esters is 1. The Balaban J connectivity index is 3.82. The van der Waals surface area contributed by atoms with Gasteiger partial charge in [-0.1, -0.05) is 0 Å². The molecule has 0 aliphatic carbocycles. The highest BCUT2D eigenvalue weighted by Crippen LogP contribution is 2.00. The highest BCUT2D eigenvalue weighted by molar-refractivity contribution is 5.84. The molecule has 0 aromatic rings. The van der Waals surface area contributed by atoms with Gasteiger partial charge in [0.2, 0.25) is 5.91 Å². The maximum absolute atomic E-state index is 11.4. The van der Waals surface area contributed by atoms with Crippen LogP contribution in [0, 0.1) is 0 Å². The molecular formula is C11H21NO4. The molecule has 0 spiro atoms. The first-order valence-electron chi connectivity index (χ1n) is 5.50. The van der Waals surface area contributed by atoms with Crippen LogP contribution in [0.1, 0.15) is 33.6 Å². The molecule has 0 saturated carbocycles. The second-order valence-electron chi connectivity index (χ2n) is 3.63. The number of ether oxygens (including phenoxy) is 2. The lowest BCUT2D eigenvalue weighted by Gasteiger charge is -2.13. The molecule has 0 aliphatic heterocycles. The summed E-state index contributed by atoms with van der Waals surface area (Å²) in [6, 6.07) is -0.592. The van der Waals surface area contributed by atoms with Crippen molar-refractivity contribution in [2.75, 3.05) is 13.7 Å². The summed E-state index contributed by atoms with van der Waals surface area (Å²) in [5.41, 5.74) is 0. The van der Waals surface area contributed by atoms with Gasteiger partial charge in [0.15, 0.2) is 0 Å². The number of amides is 1. The number of hydrogen-bond acceptors (Lipinski definition) is 4. The molecule has 1 amide bonds. The van der Waals surface area contributed by atoms with Crippen LogP contribution in [0.15, 0.2) is 0 Å². The first-order valence-corrected chi connectivity index (χ1v) is 5.50. The van der Waals surface area contributed by atoms with E-state index in [1.807, 2.05) is 6.92 Å². The fourth-order valence-corrected chi connectivity index (χ4v) is 1.09. The van der Waals surface area contributed by atoms with Crippen LogP contribution < -0.4 is 5.32 Å². The predicted molar refractivity (Wildman–Crippen MR) is 59.9 cm³/mol. The zero-order chi connectivity index (χ0) is 12.6. The summed E-state index contributed by atoms with van der Waals surface area (Å²) >= 11 is 0. The van der Waals surface area contributed by atoms with Gasteiger partial charge in [-0.25, -0.2) is 4.79 Å². The Hall–Kier alpha value is -1.10. The Morgan fingerprint density at radius 2 is 1.94 bits per heavy atom. The highest BCUT2D eigenvalue weighted by Gasteiger charge is 2.16. The Bertz CT molecular complexity index is 230. The molecule has 94 valence electrons. The molecule has 5 nitrogen and oxygen atoms in total. The minimum Gasteiger partial charge on any atom is -0.464 e. The SMILES string of the molecule is CCOC(=O)C(C)NC(=O)CCC(C)OC. The molecule has 1 N–H and O–H groups in total. The van der Waals surface area contributed by atoms with Crippen LogP contribution >= 0.6 is 0 Å². The van der Waals surface area contributed by atoms with Gasteiger partial charge in [0.25, 0.3) is 0 Å². The molecule has 0 heterocycles. The van der Waals surface area contributed by atoms with E-state index >= 15 is 0 Å². The van der Waals surface area contributed by atoms with Crippen LogP contribution in [0.3, 0.4) is 0 Å². The van der Waals surface area contributed by atoms with Crippen molar-refractivity contribution in [1.29, 1.82) is 0 Å². The Labute approximate surface area is 96.5 Å². The van der Waals surface area contributed by atoms with Crippen molar-refractivity contribution in [2.24, 2.45) is 0 Å². The molecule has 0 aromatic carbocycles. The Morgan fingerprint density at radius 3 is 2.44 bits per heavy atom. The van der Waals surface area contributed by atoms with Crippen LogP contribution in [0.25, 0.3) is 0 Å². The molecule has 0 radical (unpaired) electrons. The first-order chi connectivity index (χ1) is 7.51. The van der Waals surface area contributed by atoms with Crippen molar-refractivity contribution >= 4 is 11.9 Å².